The molecule has 1 aromatic heterocycles. The first-order valence-electron chi connectivity index (χ1n) is 5.52. The van der Waals surface area contributed by atoms with Crippen LogP contribution in [0.3, 0.4) is 0 Å². The number of H-pyrrole nitrogens is 1. The molecule has 1 aliphatic rings. The van der Waals surface area contributed by atoms with E-state index in [1.807, 2.05) is 0 Å². The third kappa shape index (κ3) is 3.40. The van der Waals surface area contributed by atoms with Crippen LogP contribution in [0.5, 0.6) is 0 Å². The van der Waals surface area contributed by atoms with Crippen LogP contribution < -0.4 is 11.1 Å². The van der Waals surface area contributed by atoms with Crippen LogP contribution in [0.15, 0.2) is 0 Å². The van der Waals surface area contributed by atoms with Crippen molar-refractivity contribution in [1.29, 1.82) is 0 Å². The van der Waals surface area contributed by atoms with E-state index in [4.69, 9.17) is 10.5 Å². The van der Waals surface area contributed by atoms with Gasteiger partial charge in [0.1, 0.15) is 0 Å². The monoisotopic (exact) mass is 240 g/mol. The topological polar surface area (TPSA) is 109 Å². The fourth-order valence-corrected chi connectivity index (χ4v) is 1.61. The fourth-order valence-electron chi connectivity index (χ4n) is 1.61. The maximum absolute atomic E-state index is 11.6. The molecule has 1 aliphatic heterocycles. The highest BCUT2D eigenvalue weighted by Gasteiger charge is 2.12. The van der Waals surface area contributed by atoms with Gasteiger partial charge >= 0.3 is 0 Å². The van der Waals surface area contributed by atoms with Gasteiger partial charge in [0.15, 0.2) is 0 Å². The molecule has 0 aromatic carbocycles. The van der Waals surface area contributed by atoms with Crippen LogP contribution in [0.4, 0.5) is 5.95 Å². The molecule has 1 saturated heterocycles. The molecule has 8 nitrogen and oxygen atoms in total. The van der Waals surface area contributed by atoms with Crippen LogP contribution in [0.2, 0.25) is 0 Å². The van der Waals surface area contributed by atoms with Crippen molar-refractivity contribution in [2.45, 2.75) is 0 Å². The summed E-state index contributed by atoms with van der Waals surface area (Å²) in [7, 11) is 0. The van der Waals surface area contributed by atoms with Crippen molar-refractivity contribution in [3.05, 3.63) is 5.82 Å². The minimum absolute atomic E-state index is 0.0725. The Morgan fingerprint density at radius 2 is 2.29 bits per heavy atom. The number of carbonyl (C=O) groups is 1. The van der Waals surface area contributed by atoms with Crippen LogP contribution in [0.25, 0.3) is 0 Å². The van der Waals surface area contributed by atoms with Gasteiger partial charge in [-0.1, -0.05) is 0 Å². The van der Waals surface area contributed by atoms with Crippen molar-refractivity contribution in [2.75, 3.05) is 45.1 Å². The van der Waals surface area contributed by atoms with Gasteiger partial charge in [0, 0.05) is 26.2 Å². The number of nitrogens with one attached hydrogen (secondary N) is 2. The highest BCUT2D eigenvalue weighted by molar-refractivity contribution is 5.90. The summed E-state index contributed by atoms with van der Waals surface area (Å²) >= 11 is 0. The predicted octanol–water partition coefficient (Wildman–Crippen LogP) is -1.55. The number of hydrogen-bond acceptors (Lipinski definition) is 6. The van der Waals surface area contributed by atoms with Crippen LogP contribution >= 0.6 is 0 Å². The number of anilines is 1. The summed E-state index contributed by atoms with van der Waals surface area (Å²) in [6, 6.07) is 0. The maximum Gasteiger partial charge on any atom is 0.288 e. The number of nitrogen functional groups attached to an aromatic ring is 1. The standard InChI is InChI=1S/C9H16N6O2/c10-9-12-7(13-14-9)8(16)11-1-2-15-3-5-17-6-4-15/h1-6H2,(H,11,16)(H3,10,12,13,14). The molecule has 4 N–H and O–H groups in total. The second-order valence-electron chi connectivity index (χ2n) is 3.75. The summed E-state index contributed by atoms with van der Waals surface area (Å²) in [5.74, 6) is -0.0738. The largest absolute Gasteiger partial charge is 0.379 e. The van der Waals surface area contributed by atoms with Gasteiger partial charge in [0.2, 0.25) is 11.8 Å². The third-order valence-electron chi connectivity index (χ3n) is 2.54. The average Bonchev–Trinajstić information content (AvgIpc) is 2.77. The zero-order chi connectivity index (χ0) is 12.1. The zero-order valence-electron chi connectivity index (χ0n) is 9.48. The number of amides is 1. The molecule has 1 aromatic rings. The first kappa shape index (κ1) is 11.8. The number of carbonyl (C=O) groups excluding carboxylic acids is 1. The maximum atomic E-state index is 11.6. The summed E-state index contributed by atoms with van der Waals surface area (Å²) in [5.41, 5.74) is 5.31. The Balaban J connectivity index is 1.69. The molecule has 0 saturated carbocycles. The number of aromatic nitrogens is 3. The lowest BCUT2D eigenvalue weighted by Crippen LogP contribution is -2.41. The van der Waals surface area contributed by atoms with Crippen LogP contribution in [0.1, 0.15) is 10.6 Å². The lowest BCUT2D eigenvalue weighted by Gasteiger charge is -2.26. The third-order valence-corrected chi connectivity index (χ3v) is 2.54. The lowest BCUT2D eigenvalue weighted by atomic mass is 10.4. The Morgan fingerprint density at radius 3 is 2.94 bits per heavy atom. The van der Waals surface area contributed by atoms with Crippen LogP contribution in [0, 0.1) is 0 Å². The second kappa shape index (κ2) is 5.60. The first-order chi connectivity index (χ1) is 8.25. The SMILES string of the molecule is Nc1n[nH]c(C(=O)NCCN2CCOCC2)n1. The van der Waals surface area contributed by atoms with Gasteiger partial charge in [-0.25, -0.2) is 0 Å². The van der Waals surface area contributed by atoms with Gasteiger partial charge in [0.25, 0.3) is 5.91 Å². The zero-order valence-corrected chi connectivity index (χ0v) is 9.48. The van der Waals surface area contributed by atoms with E-state index in [0.717, 1.165) is 32.8 Å². The predicted molar refractivity (Wildman–Crippen MR) is 60.4 cm³/mol. The molecule has 0 atom stereocenters. The van der Waals surface area contributed by atoms with E-state index in [9.17, 15) is 4.79 Å². The van der Waals surface area contributed by atoms with Crippen molar-refractivity contribution < 1.29 is 9.53 Å². The Hall–Kier alpha value is -1.67. The van der Waals surface area contributed by atoms with Crippen molar-refractivity contribution >= 4 is 11.9 Å². The van der Waals surface area contributed by atoms with Crippen molar-refractivity contribution in [3.8, 4) is 0 Å². The van der Waals surface area contributed by atoms with E-state index < -0.39 is 0 Å². The van der Waals surface area contributed by atoms with E-state index in [2.05, 4.69) is 25.4 Å². The summed E-state index contributed by atoms with van der Waals surface area (Å²) in [6.07, 6.45) is 0. The molecule has 1 fully saturated rings. The number of nitrogens with zero attached hydrogens (tertiary/aromatic N) is 3. The Bertz CT molecular complexity index is 373. The highest BCUT2D eigenvalue weighted by Crippen LogP contribution is 1.95. The van der Waals surface area contributed by atoms with E-state index in [0.29, 0.717) is 6.54 Å². The number of rotatable bonds is 4. The number of ether oxygens (including phenoxy) is 1. The normalized spacial score (nSPS) is 16.9. The molecule has 2 rings (SSSR count). The average molecular weight is 240 g/mol. The Morgan fingerprint density at radius 1 is 1.53 bits per heavy atom. The van der Waals surface area contributed by atoms with Crippen LogP contribution in [-0.2, 0) is 4.74 Å². The molecule has 0 unspecified atom stereocenters. The number of hydrogen-bond donors (Lipinski definition) is 3. The Labute approximate surface area is 98.5 Å². The molecule has 0 aliphatic carbocycles. The fraction of sp³-hybridized carbons (Fsp3) is 0.667. The number of morpholine rings is 1. The second-order valence-corrected chi connectivity index (χ2v) is 3.75. The Kier molecular flexibility index (Phi) is 3.89. The summed E-state index contributed by atoms with van der Waals surface area (Å²) in [4.78, 5) is 17.5. The first-order valence-corrected chi connectivity index (χ1v) is 5.52. The van der Waals surface area contributed by atoms with Gasteiger partial charge in [0.05, 0.1) is 13.2 Å². The van der Waals surface area contributed by atoms with E-state index in [-0.39, 0.29) is 17.7 Å². The smallest absolute Gasteiger partial charge is 0.288 e. The molecule has 8 heteroatoms. The molecule has 0 radical (unpaired) electrons. The molecule has 1 amide bonds. The van der Waals surface area contributed by atoms with Crippen molar-refractivity contribution in [1.82, 2.24) is 25.4 Å². The summed E-state index contributed by atoms with van der Waals surface area (Å²) in [6.45, 7) is 4.70. The molecule has 2 heterocycles. The molecule has 0 spiro atoms. The molecule has 0 bridgehead atoms. The summed E-state index contributed by atoms with van der Waals surface area (Å²) < 4.78 is 5.23. The quantitative estimate of drug-likeness (QED) is 0.588. The molecule has 17 heavy (non-hydrogen) atoms. The molecule has 94 valence electrons. The van der Waals surface area contributed by atoms with Crippen molar-refractivity contribution in [3.63, 3.8) is 0 Å². The minimum Gasteiger partial charge on any atom is -0.379 e. The number of aromatic amines is 1. The van der Waals surface area contributed by atoms with E-state index >= 15 is 0 Å². The minimum atomic E-state index is -0.289. The van der Waals surface area contributed by atoms with Gasteiger partial charge in [-0.2, -0.15) is 4.98 Å². The molecular weight excluding hydrogens is 224 g/mol. The molecular formula is C9H16N6O2. The van der Waals surface area contributed by atoms with Gasteiger partial charge in [-0.05, 0) is 0 Å². The lowest BCUT2D eigenvalue weighted by molar-refractivity contribution is 0.0383. The van der Waals surface area contributed by atoms with Crippen LogP contribution in [-0.4, -0.2) is 65.4 Å². The van der Waals surface area contributed by atoms with E-state index in [1.54, 1.807) is 0 Å². The van der Waals surface area contributed by atoms with Gasteiger partial charge in [-0.15, -0.1) is 5.10 Å². The summed E-state index contributed by atoms with van der Waals surface area (Å²) in [5, 5.41) is 8.80. The van der Waals surface area contributed by atoms with Gasteiger partial charge in [-0.3, -0.25) is 14.8 Å². The van der Waals surface area contributed by atoms with Crippen molar-refractivity contribution in [2.24, 2.45) is 0 Å². The van der Waals surface area contributed by atoms with E-state index in [1.165, 1.54) is 0 Å². The highest BCUT2D eigenvalue weighted by atomic mass is 16.5. The van der Waals surface area contributed by atoms with Gasteiger partial charge < -0.3 is 15.8 Å². The number of nitrogens with two attached hydrogens (primary N) is 1.